The van der Waals surface area contributed by atoms with Crippen molar-refractivity contribution in [2.45, 2.75) is 32.1 Å². The third kappa shape index (κ3) is 2.62. The number of halogens is 1. The van der Waals surface area contributed by atoms with Gasteiger partial charge in [-0.05, 0) is 42.7 Å². The highest BCUT2D eigenvalue weighted by Gasteiger charge is 2.34. The van der Waals surface area contributed by atoms with E-state index in [0.717, 1.165) is 19.0 Å². The zero-order valence-corrected chi connectivity index (χ0v) is 9.77. The van der Waals surface area contributed by atoms with Gasteiger partial charge in [-0.1, -0.05) is 6.92 Å². The van der Waals surface area contributed by atoms with Crippen LogP contribution in [0.4, 0.5) is 4.39 Å². The van der Waals surface area contributed by atoms with Gasteiger partial charge in [-0.25, -0.2) is 4.39 Å². The molecule has 2 rings (SSSR count). The van der Waals surface area contributed by atoms with E-state index < -0.39 is 17.7 Å². The Morgan fingerprint density at radius 2 is 2.24 bits per heavy atom. The van der Waals surface area contributed by atoms with Crippen LogP contribution < -0.4 is 0 Å². The number of nitrogens with zero attached hydrogens (tertiary/aromatic N) is 1. The maximum absolute atomic E-state index is 13.1. The summed E-state index contributed by atoms with van der Waals surface area (Å²) in [5, 5.41) is 9.21. The van der Waals surface area contributed by atoms with Crippen molar-refractivity contribution in [3.05, 3.63) is 29.8 Å². The monoisotopic (exact) mass is 237 g/mol. The predicted octanol–water partition coefficient (Wildman–Crippen LogP) is 2.83. The summed E-state index contributed by atoms with van der Waals surface area (Å²) in [7, 11) is 0. The number of aliphatic carboxylic acids is 1. The normalized spacial score (nSPS) is 28.9. The van der Waals surface area contributed by atoms with Gasteiger partial charge < -0.3 is 5.11 Å². The van der Waals surface area contributed by atoms with E-state index in [9.17, 15) is 14.3 Å². The molecule has 0 spiro atoms. The Hall–Kier alpha value is -1.45. The fraction of sp³-hybridized carbons (Fsp3) is 0.538. The second kappa shape index (κ2) is 4.82. The molecule has 17 heavy (non-hydrogen) atoms. The largest absolute Gasteiger partial charge is 0.481 e. The molecule has 3 atom stereocenters. The second-order valence-electron chi connectivity index (χ2n) is 4.91. The van der Waals surface area contributed by atoms with Crippen LogP contribution in [0.3, 0.4) is 0 Å². The summed E-state index contributed by atoms with van der Waals surface area (Å²) in [4.78, 5) is 15.0. The number of hydrogen-bond donors (Lipinski definition) is 1. The van der Waals surface area contributed by atoms with Gasteiger partial charge in [0.2, 0.25) is 0 Å². The van der Waals surface area contributed by atoms with E-state index in [4.69, 9.17) is 0 Å². The Balaban J connectivity index is 2.28. The highest BCUT2D eigenvalue weighted by molar-refractivity contribution is 5.71. The van der Waals surface area contributed by atoms with Gasteiger partial charge in [-0.2, -0.15) is 0 Å². The fourth-order valence-corrected chi connectivity index (χ4v) is 2.68. The van der Waals surface area contributed by atoms with Crippen LogP contribution >= 0.6 is 0 Å². The summed E-state index contributed by atoms with van der Waals surface area (Å²) in [5.74, 6) is -1.22. The van der Waals surface area contributed by atoms with Gasteiger partial charge in [0, 0.05) is 6.20 Å². The lowest BCUT2D eigenvalue weighted by atomic mass is 9.72. The number of pyridine rings is 1. The quantitative estimate of drug-likeness (QED) is 0.860. The number of carboxylic acids is 1. The van der Waals surface area contributed by atoms with Crippen molar-refractivity contribution in [1.29, 1.82) is 0 Å². The number of rotatable bonds is 2. The predicted molar refractivity (Wildman–Crippen MR) is 61.1 cm³/mol. The Kier molecular flexibility index (Phi) is 3.41. The van der Waals surface area contributed by atoms with Gasteiger partial charge in [-0.3, -0.25) is 9.78 Å². The molecular weight excluding hydrogens is 221 g/mol. The molecule has 1 aliphatic rings. The third-order valence-corrected chi connectivity index (χ3v) is 3.58. The van der Waals surface area contributed by atoms with Crippen molar-refractivity contribution in [1.82, 2.24) is 4.98 Å². The summed E-state index contributed by atoms with van der Waals surface area (Å²) in [6.45, 7) is 2.11. The average Bonchev–Trinajstić information content (AvgIpc) is 2.28. The lowest BCUT2D eigenvalue weighted by Crippen LogP contribution is -2.28. The first-order chi connectivity index (χ1) is 8.08. The van der Waals surface area contributed by atoms with Crippen molar-refractivity contribution in [2.24, 2.45) is 11.8 Å². The van der Waals surface area contributed by atoms with E-state index in [0.29, 0.717) is 17.9 Å². The topological polar surface area (TPSA) is 50.2 Å². The molecule has 0 bridgehead atoms. The fourth-order valence-electron chi connectivity index (χ4n) is 2.68. The van der Waals surface area contributed by atoms with Crippen LogP contribution in [0, 0.1) is 17.7 Å². The zero-order chi connectivity index (χ0) is 12.4. The molecule has 0 radical (unpaired) electrons. The molecule has 0 aliphatic heterocycles. The molecule has 92 valence electrons. The van der Waals surface area contributed by atoms with Crippen molar-refractivity contribution < 1.29 is 14.3 Å². The van der Waals surface area contributed by atoms with Crippen LogP contribution in [0.25, 0.3) is 0 Å². The van der Waals surface area contributed by atoms with Gasteiger partial charge in [0.05, 0.1) is 12.1 Å². The van der Waals surface area contributed by atoms with Crippen LogP contribution in [-0.2, 0) is 4.79 Å². The van der Waals surface area contributed by atoms with Gasteiger partial charge in [-0.15, -0.1) is 0 Å². The summed E-state index contributed by atoms with van der Waals surface area (Å²) in [6, 6.07) is 1.41. The van der Waals surface area contributed by atoms with E-state index in [1.54, 1.807) is 6.20 Å². The first-order valence-corrected chi connectivity index (χ1v) is 5.91. The first-order valence-electron chi connectivity index (χ1n) is 5.91. The van der Waals surface area contributed by atoms with Crippen LogP contribution in [0.2, 0.25) is 0 Å². The van der Waals surface area contributed by atoms with Crippen LogP contribution in [-0.4, -0.2) is 16.1 Å². The maximum atomic E-state index is 13.1. The van der Waals surface area contributed by atoms with Crippen molar-refractivity contribution in [3.63, 3.8) is 0 Å². The zero-order valence-electron chi connectivity index (χ0n) is 9.77. The standard InChI is InChI=1S/C13H16FNO2/c1-8-2-3-11(13(16)17)12(4-8)9-5-10(14)7-15-6-9/h5-8,11-12H,2-4H2,1H3,(H,16,17). The molecule has 1 heterocycles. The van der Waals surface area contributed by atoms with Gasteiger partial charge in [0.1, 0.15) is 5.82 Å². The molecule has 1 fully saturated rings. The average molecular weight is 237 g/mol. The Labute approximate surface area is 99.7 Å². The lowest BCUT2D eigenvalue weighted by Gasteiger charge is -2.32. The van der Waals surface area contributed by atoms with E-state index in [2.05, 4.69) is 11.9 Å². The minimum Gasteiger partial charge on any atom is -0.481 e. The minimum atomic E-state index is -0.786. The Bertz CT molecular complexity index is 422. The van der Waals surface area contributed by atoms with Crippen molar-refractivity contribution in [3.8, 4) is 0 Å². The lowest BCUT2D eigenvalue weighted by molar-refractivity contribution is -0.143. The molecule has 3 unspecified atom stereocenters. The van der Waals surface area contributed by atoms with E-state index >= 15 is 0 Å². The van der Waals surface area contributed by atoms with E-state index in [1.807, 2.05) is 0 Å². The second-order valence-corrected chi connectivity index (χ2v) is 4.91. The molecular formula is C13H16FNO2. The molecule has 1 saturated carbocycles. The van der Waals surface area contributed by atoms with Crippen LogP contribution in [0.1, 0.15) is 37.7 Å². The SMILES string of the molecule is CC1CCC(C(=O)O)C(c2cncc(F)c2)C1. The smallest absolute Gasteiger partial charge is 0.307 e. The molecule has 1 aliphatic carbocycles. The Morgan fingerprint density at radius 1 is 1.47 bits per heavy atom. The van der Waals surface area contributed by atoms with Gasteiger partial charge >= 0.3 is 5.97 Å². The maximum Gasteiger partial charge on any atom is 0.307 e. The molecule has 0 amide bonds. The number of hydrogen-bond acceptors (Lipinski definition) is 2. The summed E-state index contributed by atoms with van der Waals surface area (Å²) >= 11 is 0. The summed E-state index contributed by atoms with van der Waals surface area (Å²) < 4.78 is 13.1. The molecule has 3 nitrogen and oxygen atoms in total. The number of aromatic nitrogens is 1. The van der Waals surface area contributed by atoms with Gasteiger partial charge in [0.25, 0.3) is 0 Å². The summed E-state index contributed by atoms with van der Waals surface area (Å²) in [5.41, 5.74) is 0.712. The molecule has 1 aromatic heterocycles. The molecule has 1 N–H and O–H groups in total. The van der Waals surface area contributed by atoms with Gasteiger partial charge in [0.15, 0.2) is 0 Å². The number of carbonyl (C=O) groups is 1. The van der Waals surface area contributed by atoms with E-state index in [-0.39, 0.29) is 5.92 Å². The molecule has 0 aromatic carbocycles. The van der Waals surface area contributed by atoms with Crippen LogP contribution in [0.5, 0.6) is 0 Å². The van der Waals surface area contributed by atoms with Crippen molar-refractivity contribution >= 4 is 5.97 Å². The highest BCUT2D eigenvalue weighted by Crippen LogP contribution is 2.40. The number of carboxylic acid groups (broad SMARTS) is 1. The Morgan fingerprint density at radius 3 is 2.88 bits per heavy atom. The minimum absolute atomic E-state index is 0.112. The van der Waals surface area contributed by atoms with E-state index in [1.165, 1.54) is 6.07 Å². The third-order valence-electron chi connectivity index (χ3n) is 3.58. The molecule has 4 heteroatoms. The highest BCUT2D eigenvalue weighted by atomic mass is 19.1. The molecule has 1 aromatic rings. The molecule has 0 saturated heterocycles. The first kappa shape index (κ1) is 12.0. The van der Waals surface area contributed by atoms with Crippen molar-refractivity contribution in [2.75, 3.05) is 0 Å². The van der Waals surface area contributed by atoms with Crippen LogP contribution in [0.15, 0.2) is 18.5 Å². The summed E-state index contributed by atoms with van der Waals surface area (Å²) in [6.07, 6.45) is 5.11.